The molecular weight excluding hydrogens is 404 g/mol. The van der Waals surface area contributed by atoms with Crippen LogP contribution < -0.4 is 0 Å². The lowest BCUT2D eigenvalue weighted by molar-refractivity contribution is 0.519. The molecule has 0 amide bonds. The molecule has 0 saturated heterocycles. The lowest BCUT2D eigenvalue weighted by Gasteiger charge is -2.05. The van der Waals surface area contributed by atoms with E-state index >= 15 is 0 Å². The second-order valence-electron chi connectivity index (χ2n) is 10.3. The van der Waals surface area contributed by atoms with Crippen molar-refractivity contribution in [2.75, 3.05) is 0 Å². The van der Waals surface area contributed by atoms with Gasteiger partial charge in [-0.3, -0.25) is 0 Å². The summed E-state index contributed by atoms with van der Waals surface area (Å²) in [5, 5.41) is 0. The van der Waals surface area contributed by atoms with Crippen molar-refractivity contribution >= 4 is 12.6 Å². The summed E-state index contributed by atoms with van der Waals surface area (Å²) in [6.07, 6.45) is 33.2. The maximum absolute atomic E-state index is 4.46. The molecular formula is C31H56S. The number of unbranched alkanes of at least 4 members (excludes halogenated alkanes) is 21. The van der Waals surface area contributed by atoms with E-state index in [4.69, 9.17) is 0 Å². The van der Waals surface area contributed by atoms with Crippen molar-refractivity contribution in [1.82, 2.24) is 0 Å². The van der Waals surface area contributed by atoms with Gasteiger partial charge in [0, 0.05) is 4.90 Å². The molecule has 0 heterocycles. The third-order valence-electron chi connectivity index (χ3n) is 7.08. The first-order valence-electron chi connectivity index (χ1n) is 14.5. The van der Waals surface area contributed by atoms with Gasteiger partial charge < -0.3 is 0 Å². The zero-order valence-corrected chi connectivity index (χ0v) is 22.8. The number of aryl methyl sites for hydroxylation is 2. The van der Waals surface area contributed by atoms with Gasteiger partial charge in [0.25, 0.3) is 0 Å². The molecule has 0 atom stereocenters. The molecule has 0 nitrogen and oxygen atoms in total. The van der Waals surface area contributed by atoms with Crippen LogP contribution in [0.4, 0.5) is 0 Å². The maximum Gasteiger partial charge on any atom is 0.00694 e. The molecule has 0 spiro atoms. The predicted octanol–water partition coefficient (Wildman–Crippen LogP) is 11.4. The second kappa shape index (κ2) is 22.4. The van der Waals surface area contributed by atoms with E-state index in [-0.39, 0.29) is 0 Å². The van der Waals surface area contributed by atoms with Crippen LogP contribution in [0, 0.1) is 6.92 Å². The lowest BCUT2D eigenvalue weighted by atomic mass is 10.0. The molecule has 0 N–H and O–H groups in total. The summed E-state index contributed by atoms with van der Waals surface area (Å²) in [7, 11) is 0. The maximum atomic E-state index is 4.46. The topological polar surface area (TPSA) is 0 Å². The van der Waals surface area contributed by atoms with E-state index < -0.39 is 0 Å². The van der Waals surface area contributed by atoms with E-state index in [1.165, 1.54) is 159 Å². The molecule has 1 rings (SSSR count). The Morgan fingerprint density at radius 3 is 1.19 bits per heavy atom. The van der Waals surface area contributed by atoms with Gasteiger partial charge in [0.1, 0.15) is 0 Å². The minimum atomic E-state index is 1.11. The minimum Gasteiger partial charge on any atom is -0.143 e. The molecule has 0 bridgehead atoms. The molecule has 0 saturated carbocycles. The van der Waals surface area contributed by atoms with Crippen molar-refractivity contribution < 1.29 is 0 Å². The van der Waals surface area contributed by atoms with Gasteiger partial charge in [-0.15, -0.1) is 12.6 Å². The van der Waals surface area contributed by atoms with Gasteiger partial charge in [0.15, 0.2) is 0 Å². The van der Waals surface area contributed by atoms with Crippen LogP contribution in [0.25, 0.3) is 0 Å². The number of thiol groups is 1. The molecule has 0 radical (unpaired) electrons. The van der Waals surface area contributed by atoms with Crippen LogP contribution in [0.5, 0.6) is 0 Å². The summed E-state index contributed by atoms with van der Waals surface area (Å²) in [5.74, 6) is 0. The van der Waals surface area contributed by atoms with Crippen molar-refractivity contribution in [3.8, 4) is 0 Å². The number of rotatable bonds is 23. The highest BCUT2D eigenvalue weighted by Gasteiger charge is 1.98. The van der Waals surface area contributed by atoms with Gasteiger partial charge in [-0.1, -0.05) is 154 Å². The summed E-state index contributed by atoms with van der Waals surface area (Å²) in [5.41, 5.74) is 2.79. The van der Waals surface area contributed by atoms with E-state index in [0.29, 0.717) is 0 Å². The first kappa shape index (κ1) is 29.6. The molecule has 186 valence electrons. The van der Waals surface area contributed by atoms with Gasteiger partial charge in [0.05, 0.1) is 0 Å². The molecule has 0 unspecified atom stereocenters. The monoisotopic (exact) mass is 460 g/mol. The third kappa shape index (κ3) is 18.0. The average Bonchev–Trinajstić information content (AvgIpc) is 2.79. The van der Waals surface area contributed by atoms with E-state index in [9.17, 15) is 0 Å². The van der Waals surface area contributed by atoms with Crippen LogP contribution in [0.1, 0.15) is 159 Å². The van der Waals surface area contributed by atoms with Crippen LogP contribution in [0.3, 0.4) is 0 Å². The first-order valence-corrected chi connectivity index (χ1v) is 15.0. The zero-order valence-electron chi connectivity index (χ0n) is 21.9. The minimum absolute atomic E-state index is 1.11. The van der Waals surface area contributed by atoms with Crippen molar-refractivity contribution in [1.29, 1.82) is 0 Å². The van der Waals surface area contributed by atoms with Crippen LogP contribution >= 0.6 is 12.6 Å². The highest BCUT2D eigenvalue weighted by molar-refractivity contribution is 7.80. The Bertz CT molecular complexity index is 521. The van der Waals surface area contributed by atoms with Crippen LogP contribution in [-0.4, -0.2) is 0 Å². The molecule has 0 aliphatic rings. The smallest absolute Gasteiger partial charge is 0.00694 e. The van der Waals surface area contributed by atoms with Crippen molar-refractivity contribution in [3.05, 3.63) is 29.3 Å². The van der Waals surface area contributed by atoms with Crippen LogP contribution in [-0.2, 0) is 6.42 Å². The summed E-state index contributed by atoms with van der Waals surface area (Å²) in [6, 6.07) is 6.69. The lowest BCUT2D eigenvalue weighted by Crippen LogP contribution is -1.88. The summed E-state index contributed by atoms with van der Waals surface area (Å²) >= 11 is 4.46. The first-order chi connectivity index (χ1) is 15.7. The quantitative estimate of drug-likeness (QED) is 0.122. The van der Waals surface area contributed by atoms with Gasteiger partial charge in [-0.25, -0.2) is 0 Å². The van der Waals surface area contributed by atoms with E-state index in [1.54, 1.807) is 0 Å². The Labute approximate surface area is 208 Å². The van der Waals surface area contributed by atoms with Crippen LogP contribution in [0.2, 0.25) is 0 Å². The molecule has 0 aromatic heterocycles. The molecule has 32 heavy (non-hydrogen) atoms. The largest absolute Gasteiger partial charge is 0.143 e. The van der Waals surface area contributed by atoms with Crippen molar-refractivity contribution in [2.24, 2.45) is 0 Å². The SMILES string of the molecule is CCCCCCCCCCCCCCCCCCCCCCCCc1ccc(S)c(C)c1. The Hall–Kier alpha value is -0.430. The van der Waals surface area contributed by atoms with E-state index in [0.717, 1.165) is 4.90 Å². The van der Waals surface area contributed by atoms with Crippen molar-refractivity contribution in [3.63, 3.8) is 0 Å². The molecule has 1 aromatic carbocycles. The molecule has 0 aliphatic carbocycles. The predicted molar refractivity (Wildman–Crippen MR) is 149 cm³/mol. The van der Waals surface area contributed by atoms with E-state index in [1.807, 2.05) is 0 Å². The fourth-order valence-corrected chi connectivity index (χ4v) is 4.95. The van der Waals surface area contributed by atoms with Gasteiger partial charge in [-0.05, 0) is 37.0 Å². The van der Waals surface area contributed by atoms with Gasteiger partial charge >= 0.3 is 0 Å². The highest BCUT2D eigenvalue weighted by Crippen LogP contribution is 2.18. The Kier molecular flexibility index (Phi) is 20.7. The molecule has 0 aliphatic heterocycles. The van der Waals surface area contributed by atoms with Crippen molar-refractivity contribution in [2.45, 2.75) is 166 Å². The van der Waals surface area contributed by atoms with Gasteiger partial charge in [-0.2, -0.15) is 0 Å². The Morgan fingerprint density at radius 2 is 0.844 bits per heavy atom. The third-order valence-corrected chi connectivity index (χ3v) is 7.58. The molecule has 0 fully saturated rings. The fourth-order valence-electron chi connectivity index (χ4n) is 4.81. The normalized spacial score (nSPS) is 11.3. The number of hydrogen-bond donors (Lipinski definition) is 1. The second-order valence-corrected chi connectivity index (χ2v) is 10.8. The zero-order chi connectivity index (χ0) is 23.1. The Morgan fingerprint density at radius 1 is 0.500 bits per heavy atom. The molecule has 1 heteroatoms. The summed E-state index contributed by atoms with van der Waals surface area (Å²) in [6.45, 7) is 4.46. The summed E-state index contributed by atoms with van der Waals surface area (Å²) < 4.78 is 0. The standard InChI is InChI=1S/C31H56S/c1-3-4-5-6-7-8-9-10-11-12-13-14-15-16-17-18-19-20-21-22-23-24-25-30-26-27-31(32)29(2)28-30/h26-28,32H,3-25H2,1-2H3. The van der Waals surface area contributed by atoms with Gasteiger partial charge in [0.2, 0.25) is 0 Å². The number of hydrogen-bond acceptors (Lipinski definition) is 1. The highest BCUT2D eigenvalue weighted by atomic mass is 32.1. The summed E-state index contributed by atoms with van der Waals surface area (Å²) in [4.78, 5) is 1.11. The number of benzene rings is 1. The van der Waals surface area contributed by atoms with Crippen LogP contribution in [0.15, 0.2) is 23.1 Å². The average molecular weight is 461 g/mol. The Balaban J connectivity index is 1.71. The molecule has 1 aromatic rings. The van der Waals surface area contributed by atoms with E-state index in [2.05, 4.69) is 44.7 Å². The fraction of sp³-hybridized carbons (Fsp3) is 0.806.